The number of fused-ring (bicyclic) bond motifs is 4. The van der Waals surface area contributed by atoms with Gasteiger partial charge in [-0.05, 0) is 30.7 Å². The largest absolute Gasteiger partial charge is 0.416 e. The van der Waals surface area contributed by atoms with Crippen molar-refractivity contribution < 1.29 is 22.4 Å². The van der Waals surface area contributed by atoms with E-state index >= 15 is 0 Å². The number of urea groups is 1. The molecule has 10 heteroatoms. The van der Waals surface area contributed by atoms with Gasteiger partial charge in [-0.15, -0.1) is 0 Å². The number of halogens is 4. The maximum atomic E-state index is 13.5. The predicted molar refractivity (Wildman–Crippen MR) is 111 cm³/mol. The van der Waals surface area contributed by atoms with Crippen LogP contribution in [0.15, 0.2) is 54.9 Å². The molecule has 1 saturated heterocycles. The SMILES string of the molecule is O=C(Nc1cncc(F)c1)N1c2nc(-c3cccc(C(F)(F)F)c3)ccc2N2CC[C@@H]1C2. The quantitative estimate of drug-likeness (QED) is 0.571. The van der Waals surface area contributed by atoms with Crippen LogP contribution < -0.4 is 15.1 Å². The van der Waals surface area contributed by atoms with Crippen molar-refractivity contribution in [2.75, 3.05) is 28.2 Å². The van der Waals surface area contributed by atoms with E-state index in [1.807, 2.05) is 0 Å². The molecule has 164 valence electrons. The molecule has 1 N–H and O–H groups in total. The molecule has 1 atom stereocenters. The van der Waals surface area contributed by atoms with Gasteiger partial charge >= 0.3 is 12.2 Å². The minimum atomic E-state index is -4.47. The average molecular weight is 443 g/mol. The number of aromatic nitrogens is 2. The number of rotatable bonds is 2. The number of pyridine rings is 2. The molecule has 4 heterocycles. The van der Waals surface area contributed by atoms with E-state index in [0.29, 0.717) is 30.0 Å². The zero-order chi connectivity index (χ0) is 22.5. The lowest BCUT2D eigenvalue weighted by molar-refractivity contribution is -0.137. The van der Waals surface area contributed by atoms with Crippen molar-refractivity contribution in [1.82, 2.24) is 9.97 Å². The van der Waals surface area contributed by atoms with Crippen LogP contribution in [-0.4, -0.2) is 35.1 Å². The van der Waals surface area contributed by atoms with Gasteiger partial charge in [0, 0.05) is 24.7 Å². The van der Waals surface area contributed by atoms with Crippen molar-refractivity contribution >= 4 is 23.2 Å². The first-order valence-corrected chi connectivity index (χ1v) is 9.94. The first kappa shape index (κ1) is 20.2. The summed E-state index contributed by atoms with van der Waals surface area (Å²) in [5.74, 6) is -0.227. The van der Waals surface area contributed by atoms with Crippen molar-refractivity contribution in [3.05, 3.63) is 66.2 Å². The highest BCUT2D eigenvalue weighted by molar-refractivity contribution is 6.04. The summed E-state index contributed by atoms with van der Waals surface area (Å²) in [4.78, 5) is 25.0. The van der Waals surface area contributed by atoms with Crippen LogP contribution in [0.3, 0.4) is 0 Å². The molecule has 1 aromatic carbocycles. The van der Waals surface area contributed by atoms with E-state index < -0.39 is 23.6 Å². The molecule has 2 aliphatic rings. The van der Waals surface area contributed by atoms with Crippen LogP contribution in [0.25, 0.3) is 11.3 Å². The zero-order valence-corrected chi connectivity index (χ0v) is 16.6. The molecule has 0 aliphatic carbocycles. The van der Waals surface area contributed by atoms with Crippen molar-refractivity contribution in [3.63, 3.8) is 0 Å². The maximum Gasteiger partial charge on any atom is 0.416 e. The first-order valence-electron chi connectivity index (χ1n) is 9.94. The minimum Gasteiger partial charge on any atom is -0.366 e. The van der Waals surface area contributed by atoms with Crippen molar-refractivity contribution in [3.8, 4) is 11.3 Å². The Morgan fingerprint density at radius 1 is 1.12 bits per heavy atom. The molecule has 2 aromatic heterocycles. The van der Waals surface area contributed by atoms with Gasteiger partial charge in [0.2, 0.25) is 0 Å². The van der Waals surface area contributed by atoms with Gasteiger partial charge in [0.25, 0.3) is 0 Å². The minimum absolute atomic E-state index is 0.159. The monoisotopic (exact) mass is 443 g/mol. The normalized spacial score (nSPS) is 17.3. The summed E-state index contributed by atoms with van der Waals surface area (Å²) in [5, 5.41) is 2.64. The van der Waals surface area contributed by atoms with Crippen LogP contribution in [0, 0.1) is 5.82 Å². The Bertz CT molecular complexity index is 1200. The molecule has 3 aromatic rings. The summed E-state index contributed by atoms with van der Waals surface area (Å²) < 4.78 is 52.9. The molecular formula is C22H17F4N5O. The molecule has 0 radical (unpaired) electrons. The lowest BCUT2D eigenvalue weighted by atomic mass is 10.1. The number of carbonyl (C=O) groups excluding carboxylic acids is 1. The molecule has 32 heavy (non-hydrogen) atoms. The average Bonchev–Trinajstić information content (AvgIpc) is 3.17. The molecule has 6 nitrogen and oxygen atoms in total. The molecule has 5 rings (SSSR count). The predicted octanol–water partition coefficient (Wildman–Crippen LogP) is 4.93. The standard InChI is InChI=1S/C22H17F4N5O/c23-15-9-16(11-27-10-15)28-21(32)31-17-6-7-30(12-17)19-5-4-18(29-20(19)31)13-2-1-3-14(8-13)22(24,25)26/h1-5,8-11,17H,6-7,12H2,(H,28,32)/t17-/m1/s1. The molecule has 2 amide bonds. The second-order valence-corrected chi connectivity index (χ2v) is 7.70. The Hall–Kier alpha value is -3.69. The molecular weight excluding hydrogens is 426 g/mol. The topological polar surface area (TPSA) is 61.4 Å². The number of benzene rings is 1. The highest BCUT2D eigenvalue weighted by Gasteiger charge is 2.40. The van der Waals surface area contributed by atoms with Gasteiger partial charge in [-0.25, -0.2) is 14.2 Å². The van der Waals surface area contributed by atoms with Gasteiger partial charge < -0.3 is 10.2 Å². The Morgan fingerprint density at radius 3 is 2.75 bits per heavy atom. The summed E-state index contributed by atoms with van der Waals surface area (Å²) in [6.07, 6.45) is -1.40. The number of nitrogens with one attached hydrogen (secondary N) is 1. The van der Waals surface area contributed by atoms with E-state index in [2.05, 4.69) is 20.2 Å². The highest BCUT2D eigenvalue weighted by atomic mass is 19.4. The second kappa shape index (κ2) is 7.47. The van der Waals surface area contributed by atoms with Crippen LogP contribution in [-0.2, 0) is 6.18 Å². The number of hydrogen-bond donors (Lipinski definition) is 1. The summed E-state index contributed by atoms with van der Waals surface area (Å²) >= 11 is 0. The van der Waals surface area contributed by atoms with E-state index in [-0.39, 0.29) is 11.7 Å². The summed E-state index contributed by atoms with van der Waals surface area (Å²) in [6, 6.07) is 8.83. The Labute approximate surface area is 180 Å². The molecule has 2 bridgehead atoms. The Morgan fingerprint density at radius 2 is 1.97 bits per heavy atom. The highest BCUT2D eigenvalue weighted by Crippen LogP contribution is 2.41. The summed E-state index contributed by atoms with van der Waals surface area (Å²) in [6.45, 7) is 1.35. The zero-order valence-electron chi connectivity index (χ0n) is 16.6. The fraction of sp³-hybridized carbons (Fsp3) is 0.227. The number of alkyl halides is 3. The van der Waals surface area contributed by atoms with Gasteiger partial charge in [0.05, 0.1) is 41.1 Å². The third kappa shape index (κ3) is 3.61. The second-order valence-electron chi connectivity index (χ2n) is 7.70. The van der Waals surface area contributed by atoms with Crippen LogP contribution in [0.4, 0.5) is 39.5 Å². The van der Waals surface area contributed by atoms with E-state index in [0.717, 1.165) is 36.6 Å². The number of amides is 2. The van der Waals surface area contributed by atoms with Crippen LogP contribution >= 0.6 is 0 Å². The van der Waals surface area contributed by atoms with Gasteiger partial charge in [0.1, 0.15) is 5.82 Å². The number of hydrogen-bond acceptors (Lipinski definition) is 4. The van der Waals surface area contributed by atoms with E-state index in [9.17, 15) is 22.4 Å². The molecule has 0 saturated carbocycles. The van der Waals surface area contributed by atoms with Crippen LogP contribution in [0.2, 0.25) is 0 Å². The lowest BCUT2D eigenvalue weighted by Crippen LogP contribution is -2.48. The van der Waals surface area contributed by atoms with Crippen molar-refractivity contribution in [2.24, 2.45) is 0 Å². The van der Waals surface area contributed by atoms with Gasteiger partial charge in [-0.2, -0.15) is 13.2 Å². The molecule has 2 aliphatic heterocycles. The van der Waals surface area contributed by atoms with E-state index in [1.165, 1.54) is 17.2 Å². The van der Waals surface area contributed by atoms with E-state index in [4.69, 9.17) is 0 Å². The molecule has 0 spiro atoms. The lowest BCUT2D eigenvalue weighted by Gasteiger charge is -2.36. The van der Waals surface area contributed by atoms with Crippen molar-refractivity contribution in [1.29, 1.82) is 0 Å². The smallest absolute Gasteiger partial charge is 0.366 e. The summed E-state index contributed by atoms with van der Waals surface area (Å²) in [7, 11) is 0. The van der Waals surface area contributed by atoms with Crippen LogP contribution in [0.5, 0.6) is 0 Å². The Kier molecular flexibility index (Phi) is 4.72. The van der Waals surface area contributed by atoms with Gasteiger partial charge in [-0.1, -0.05) is 12.1 Å². The number of nitrogens with zero attached hydrogens (tertiary/aromatic N) is 4. The van der Waals surface area contributed by atoms with Crippen molar-refractivity contribution in [2.45, 2.75) is 18.6 Å². The Balaban J connectivity index is 1.53. The first-order chi connectivity index (χ1) is 15.3. The maximum absolute atomic E-state index is 13.5. The fourth-order valence-corrected chi connectivity index (χ4v) is 4.15. The third-order valence-electron chi connectivity index (χ3n) is 5.61. The number of carbonyl (C=O) groups is 1. The summed E-state index contributed by atoms with van der Waals surface area (Å²) in [5.41, 5.74) is 0.771. The van der Waals surface area contributed by atoms with Gasteiger partial charge in [-0.3, -0.25) is 9.88 Å². The molecule has 0 unspecified atom stereocenters. The fourth-order valence-electron chi connectivity index (χ4n) is 4.15. The molecule has 1 fully saturated rings. The van der Waals surface area contributed by atoms with Gasteiger partial charge in [0.15, 0.2) is 5.82 Å². The van der Waals surface area contributed by atoms with E-state index in [1.54, 1.807) is 18.2 Å². The number of anilines is 3. The van der Waals surface area contributed by atoms with Crippen LogP contribution in [0.1, 0.15) is 12.0 Å². The third-order valence-corrected chi connectivity index (χ3v) is 5.61.